The molecule has 5 unspecified atom stereocenters. The predicted octanol–water partition coefficient (Wildman–Crippen LogP) is -0.443. The van der Waals surface area contributed by atoms with Crippen LogP contribution in [-0.4, -0.2) is 70.6 Å². The number of carbonyl (C=O) groups is 4. The lowest BCUT2D eigenvalue weighted by molar-refractivity contribution is -0.142. The Hall–Kier alpha value is -3.87. The molecule has 0 aromatic heterocycles. The Labute approximate surface area is 229 Å². The SMILES string of the molecule is CCC(C)C(N)C(=O)NC(CCCN=C(N)N)C(=O)NC(C(=O)NC(Cc1ccc(O)cc1)C(=O)O)C(C)C. The number of aliphatic imine (C=N–C) groups is 1. The van der Waals surface area contributed by atoms with Gasteiger partial charge in [0.1, 0.15) is 23.9 Å². The van der Waals surface area contributed by atoms with E-state index in [2.05, 4.69) is 20.9 Å². The van der Waals surface area contributed by atoms with Gasteiger partial charge >= 0.3 is 5.97 Å². The number of aliphatic carboxylic acids is 1. The number of nitrogens with zero attached hydrogens (tertiary/aromatic N) is 1. The van der Waals surface area contributed by atoms with Gasteiger partial charge in [0, 0.05) is 13.0 Å². The van der Waals surface area contributed by atoms with Gasteiger partial charge in [-0.05, 0) is 42.4 Å². The summed E-state index contributed by atoms with van der Waals surface area (Å²) in [6.45, 7) is 7.35. The fraction of sp³-hybridized carbons (Fsp3) is 0.577. The maximum atomic E-state index is 13.3. The van der Waals surface area contributed by atoms with Gasteiger partial charge in [0.2, 0.25) is 17.7 Å². The zero-order valence-corrected chi connectivity index (χ0v) is 23.0. The highest BCUT2D eigenvalue weighted by molar-refractivity contribution is 5.94. The second-order valence-electron chi connectivity index (χ2n) is 9.92. The van der Waals surface area contributed by atoms with E-state index < -0.39 is 53.8 Å². The van der Waals surface area contributed by atoms with Crippen LogP contribution in [0.2, 0.25) is 0 Å². The van der Waals surface area contributed by atoms with Gasteiger partial charge in [0.05, 0.1) is 6.04 Å². The van der Waals surface area contributed by atoms with Crippen LogP contribution in [0.15, 0.2) is 29.3 Å². The monoisotopic (exact) mass is 549 g/mol. The summed E-state index contributed by atoms with van der Waals surface area (Å²) in [4.78, 5) is 54.8. The quantitative estimate of drug-likeness (QED) is 0.0756. The van der Waals surface area contributed by atoms with Gasteiger partial charge in [-0.15, -0.1) is 0 Å². The fourth-order valence-electron chi connectivity index (χ4n) is 3.67. The Bertz CT molecular complexity index is 995. The van der Waals surface area contributed by atoms with Crippen LogP contribution < -0.4 is 33.2 Å². The first kappa shape index (κ1) is 33.2. The minimum atomic E-state index is -1.27. The molecule has 0 spiro atoms. The van der Waals surface area contributed by atoms with Crippen LogP contribution in [0.25, 0.3) is 0 Å². The van der Waals surface area contributed by atoms with Crippen molar-refractivity contribution in [1.82, 2.24) is 16.0 Å². The number of carbonyl (C=O) groups excluding carboxylic acids is 3. The zero-order valence-electron chi connectivity index (χ0n) is 23.0. The van der Waals surface area contributed by atoms with E-state index in [-0.39, 0.29) is 37.0 Å². The van der Waals surface area contributed by atoms with Crippen LogP contribution in [-0.2, 0) is 25.6 Å². The molecule has 13 heteroatoms. The first-order valence-electron chi connectivity index (χ1n) is 13.0. The van der Waals surface area contributed by atoms with Gasteiger partial charge in [-0.3, -0.25) is 19.4 Å². The summed E-state index contributed by atoms with van der Waals surface area (Å²) in [5.41, 5.74) is 17.3. The van der Waals surface area contributed by atoms with Crippen LogP contribution >= 0.6 is 0 Å². The molecule has 1 aromatic carbocycles. The minimum absolute atomic E-state index is 0.0299. The number of benzene rings is 1. The number of phenolic OH excluding ortho intramolecular Hbond substituents is 1. The average molecular weight is 550 g/mol. The molecule has 3 amide bonds. The van der Waals surface area contributed by atoms with E-state index in [4.69, 9.17) is 17.2 Å². The van der Waals surface area contributed by atoms with E-state index in [1.54, 1.807) is 26.0 Å². The second kappa shape index (κ2) is 16.2. The average Bonchev–Trinajstić information content (AvgIpc) is 2.87. The van der Waals surface area contributed by atoms with Crippen molar-refractivity contribution < 1.29 is 29.4 Å². The maximum absolute atomic E-state index is 13.3. The smallest absolute Gasteiger partial charge is 0.326 e. The van der Waals surface area contributed by atoms with Crippen molar-refractivity contribution in [3.8, 4) is 5.75 Å². The van der Waals surface area contributed by atoms with Gasteiger partial charge in [-0.25, -0.2) is 4.79 Å². The lowest BCUT2D eigenvalue weighted by Gasteiger charge is -2.27. The normalized spacial score (nSPS) is 14.8. The molecule has 1 rings (SSSR count). The Balaban J connectivity index is 3.03. The molecule has 0 radical (unpaired) electrons. The Morgan fingerprint density at radius 3 is 2.03 bits per heavy atom. The highest BCUT2D eigenvalue weighted by Crippen LogP contribution is 2.13. The summed E-state index contributed by atoms with van der Waals surface area (Å²) < 4.78 is 0. The number of phenols is 1. The number of nitrogens with one attached hydrogen (secondary N) is 3. The van der Waals surface area contributed by atoms with E-state index >= 15 is 0 Å². The molecule has 1 aromatic rings. The zero-order chi connectivity index (χ0) is 29.7. The van der Waals surface area contributed by atoms with Crippen LogP contribution in [0, 0.1) is 11.8 Å². The number of carboxylic acid groups (broad SMARTS) is 1. The Morgan fingerprint density at radius 2 is 1.51 bits per heavy atom. The maximum Gasteiger partial charge on any atom is 0.326 e. The standard InChI is InChI=1S/C26H43N7O6/c1-5-15(4)20(27)23(36)31-18(7-6-12-30-26(28)29)22(35)33-21(14(2)3)24(37)32-19(25(38)39)13-16-8-10-17(34)11-9-16/h8-11,14-15,18-21,34H,5-7,12-13,27H2,1-4H3,(H,31,36)(H,32,37)(H,33,35)(H,38,39)(H4,28,29,30). The number of amides is 3. The molecule has 5 atom stereocenters. The summed E-state index contributed by atoms with van der Waals surface area (Å²) >= 11 is 0. The van der Waals surface area contributed by atoms with E-state index in [1.165, 1.54) is 12.1 Å². The van der Waals surface area contributed by atoms with Gasteiger partial charge in [0.15, 0.2) is 5.96 Å². The molecular weight excluding hydrogens is 506 g/mol. The van der Waals surface area contributed by atoms with Crippen molar-refractivity contribution in [1.29, 1.82) is 0 Å². The first-order valence-corrected chi connectivity index (χ1v) is 13.0. The highest BCUT2D eigenvalue weighted by atomic mass is 16.4. The predicted molar refractivity (Wildman–Crippen MR) is 147 cm³/mol. The summed E-state index contributed by atoms with van der Waals surface area (Å²) in [6, 6.07) is 1.73. The number of hydrogen-bond donors (Lipinski definition) is 8. The molecule has 0 fully saturated rings. The largest absolute Gasteiger partial charge is 0.508 e. The molecule has 0 aliphatic rings. The molecule has 13 nitrogen and oxygen atoms in total. The van der Waals surface area contributed by atoms with Gasteiger partial charge < -0.3 is 43.4 Å². The molecule has 0 aliphatic heterocycles. The highest BCUT2D eigenvalue weighted by Gasteiger charge is 2.32. The third kappa shape index (κ3) is 11.6. The lowest BCUT2D eigenvalue weighted by Crippen LogP contribution is -2.59. The van der Waals surface area contributed by atoms with Crippen LogP contribution in [0.1, 0.15) is 52.5 Å². The van der Waals surface area contributed by atoms with Crippen LogP contribution in [0.3, 0.4) is 0 Å². The van der Waals surface area contributed by atoms with Crippen molar-refractivity contribution in [3.05, 3.63) is 29.8 Å². The van der Waals surface area contributed by atoms with E-state index in [0.717, 1.165) is 0 Å². The molecule has 0 bridgehead atoms. The second-order valence-corrected chi connectivity index (χ2v) is 9.92. The molecular formula is C26H43N7O6. The minimum Gasteiger partial charge on any atom is -0.508 e. The van der Waals surface area contributed by atoms with Crippen LogP contribution in [0.5, 0.6) is 5.75 Å². The van der Waals surface area contributed by atoms with E-state index in [0.29, 0.717) is 18.4 Å². The summed E-state index contributed by atoms with van der Waals surface area (Å²) in [7, 11) is 0. The number of aromatic hydroxyl groups is 1. The number of nitrogens with two attached hydrogens (primary N) is 3. The first-order chi connectivity index (χ1) is 18.3. The van der Waals surface area contributed by atoms with Crippen LogP contribution in [0.4, 0.5) is 0 Å². The summed E-state index contributed by atoms with van der Waals surface area (Å²) in [5, 5.41) is 26.9. The van der Waals surface area contributed by atoms with Gasteiger partial charge in [-0.1, -0.05) is 46.2 Å². The molecule has 218 valence electrons. The Kier molecular flexibility index (Phi) is 13.7. The van der Waals surface area contributed by atoms with Gasteiger partial charge in [-0.2, -0.15) is 0 Å². The summed E-state index contributed by atoms with van der Waals surface area (Å²) in [5.74, 6) is -3.66. The fourth-order valence-corrected chi connectivity index (χ4v) is 3.67. The molecule has 0 saturated carbocycles. The third-order valence-corrected chi connectivity index (χ3v) is 6.38. The number of hydrogen-bond acceptors (Lipinski definition) is 7. The summed E-state index contributed by atoms with van der Waals surface area (Å²) in [6.07, 6.45) is 1.17. The third-order valence-electron chi connectivity index (χ3n) is 6.38. The molecule has 39 heavy (non-hydrogen) atoms. The van der Waals surface area contributed by atoms with Crippen molar-refractivity contribution in [2.45, 2.75) is 77.5 Å². The Morgan fingerprint density at radius 1 is 0.923 bits per heavy atom. The molecule has 0 saturated heterocycles. The van der Waals surface area contributed by atoms with Crippen molar-refractivity contribution in [2.24, 2.45) is 34.0 Å². The van der Waals surface area contributed by atoms with E-state index in [9.17, 15) is 29.4 Å². The van der Waals surface area contributed by atoms with Crippen molar-refractivity contribution >= 4 is 29.7 Å². The van der Waals surface area contributed by atoms with E-state index in [1.807, 2.05) is 13.8 Å². The molecule has 0 aliphatic carbocycles. The molecule has 11 N–H and O–H groups in total. The lowest BCUT2D eigenvalue weighted by atomic mass is 9.98. The van der Waals surface area contributed by atoms with Crippen molar-refractivity contribution in [3.63, 3.8) is 0 Å². The van der Waals surface area contributed by atoms with Gasteiger partial charge in [0.25, 0.3) is 0 Å². The molecule has 0 heterocycles. The van der Waals surface area contributed by atoms with Crippen molar-refractivity contribution in [2.75, 3.05) is 6.54 Å². The number of guanidine groups is 1. The topological polar surface area (TPSA) is 235 Å². The number of carboxylic acids is 1. The number of rotatable bonds is 16.